The van der Waals surface area contributed by atoms with E-state index in [0.29, 0.717) is 12.8 Å². The number of allylic oxidation sites excluding steroid dienone is 11. The van der Waals surface area contributed by atoms with Crippen molar-refractivity contribution in [3.63, 3.8) is 0 Å². The van der Waals surface area contributed by atoms with Crippen LogP contribution in [0.15, 0.2) is 72.9 Å². The van der Waals surface area contributed by atoms with Crippen molar-refractivity contribution in [2.45, 2.75) is 262 Å². The van der Waals surface area contributed by atoms with Gasteiger partial charge in [-0.3, -0.25) is 9.59 Å². The van der Waals surface area contributed by atoms with Crippen molar-refractivity contribution in [1.29, 1.82) is 0 Å². The molecule has 1 fully saturated rings. The minimum absolute atomic E-state index is 0.0726. The molecule has 1 aliphatic rings. The fourth-order valence-electron chi connectivity index (χ4n) is 8.14. The molecule has 11 nitrogen and oxygen atoms in total. The lowest BCUT2D eigenvalue weighted by Crippen LogP contribution is -2.61. The number of hydrogen-bond donors (Lipinski definition) is 6. The van der Waals surface area contributed by atoms with E-state index in [-0.39, 0.29) is 19.4 Å². The van der Waals surface area contributed by atoms with Crippen molar-refractivity contribution >= 4 is 11.9 Å². The summed E-state index contributed by atoms with van der Waals surface area (Å²) in [7, 11) is 0. The van der Waals surface area contributed by atoms with Crippen LogP contribution >= 0.6 is 0 Å². The van der Waals surface area contributed by atoms with Gasteiger partial charge in [-0.05, 0) is 44.9 Å². The molecule has 0 bridgehead atoms. The van der Waals surface area contributed by atoms with E-state index in [2.05, 4.69) is 38.2 Å². The molecular weight excluding hydrogens is 859 g/mol. The molecule has 8 unspecified atom stereocenters. The number of esters is 1. The third-order valence-electron chi connectivity index (χ3n) is 12.5. The zero-order valence-electron chi connectivity index (χ0n) is 43.0. The second kappa shape index (κ2) is 45.3. The SMILES string of the molecule is CC/C=C/C=C/C=C\C=C/C=C/CCCCCC(=O)OC1C(OCC(NC(=O)C(O)CCCCCCCCCCCCCC)C(O)/C=C/CCCCCCCCCCCC)OC(CO)C(O)C1O. The third kappa shape index (κ3) is 33.6. The first kappa shape index (κ1) is 63.1. The van der Waals surface area contributed by atoms with Gasteiger partial charge < -0.3 is 45.1 Å². The van der Waals surface area contributed by atoms with Gasteiger partial charge in [-0.15, -0.1) is 0 Å². The number of ether oxygens (including phenoxy) is 3. The molecule has 0 aromatic heterocycles. The lowest BCUT2D eigenvalue weighted by atomic mass is 9.99. The molecule has 6 N–H and O–H groups in total. The minimum Gasteiger partial charge on any atom is -0.454 e. The quantitative estimate of drug-likeness (QED) is 0.0149. The predicted molar refractivity (Wildman–Crippen MR) is 278 cm³/mol. The molecule has 0 radical (unpaired) electrons. The predicted octanol–water partition coefficient (Wildman–Crippen LogP) is 11.7. The molecule has 0 aromatic carbocycles. The molecule has 68 heavy (non-hydrogen) atoms. The molecule has 1 rings (SSSR count). The molecule has 1 saturated heterocycles. The normalized spacial score (nSPS) is 20.5. The lowest BCUT2D eigenvalue weighted by molar-refractivity contribution is -0.305. The first-order valence-corrected chi connectivity index (χ1v) is 27.3. The summed E-state index contributed by atoms with van der Waals surface area (Å²) < 4.78 is 17.5. The van der Waals surface area contributed by atoms with Crippen molar-refractivity contribution in [2.75, 3.05) is 13.2 Å². The molecule has 1 aliphatic heterocycles. The second-order valence-corrected chi connectivity index (χ2v) is 18.7. The first-order valence-electron chi connectivity index (χ1n) is 27.3. The van der Waals surface area contributed by atoms with Crippen molar-refractivity contribution in [2.24, 2.45) is 0 Å². The van der Waals surface area contributed by atoms with E-state index < -0.39 is 67.4 Å². The van der Waals surface area contributed by atoms with Crippen LogP contribution in [0.5, 0.6) is 0 Å². The summed E-state index contributed by atoms with van der Waals surface area (Å²) in [6, 6.07) is -1.03. The van der Waals surface area contributed by atoms with E-state index >= 15 is 0 Å². The number of rotatable bonds is 44. The van der Waals surface area contributed by atoms with Gasteiger partial charge in [0.25, 0.3) is 0 Å². The van der Waals surface area contributed by atoms with Gasteiger partial charge in [0.1, 0.15) is 24.4 Å². The number of nitrogens with one attached hydrogen (secondary N) is 1. The van der Waals surface area contributed by atoms with Gasteiger partial charge in [-0.1, -0.05) is 235 Å². The Morgan fingerprint density at radius 2 is 1.06 bits per heavy atom. The molecule has 0 saturated carbocycles. The maximum absolute atomic E-state index is 13.3. The maximum Gasteiger partial charge on any atom is 0.306 e. The number of aliphatic hydroxyl groups excluding tert-OH is 5. The summed E-state index contributed by atoms with van der Waals surface area (Å²) in [5, 5.41) is 56.7. The Hall–Kier alpha value is -2.90. The average molecular weight is 958 g/mol. The van der Waals surface area contributed by atoms with Gasteiger partial charge in [0, 0.05) is 6.42 Å². The van der Waals surface area contributed by atoms with Crippen LogP contribution in [0, 0.1) is 0 Å². The monoisotopic (exact) mass is 958 g/mol. The highest BCUT2D eigenvalue weighted by Crippen LogP contribution is 2.26. The molecule has 0 aliphatic carbocycles. The Morgan fingerprint density at radius 1 is 0.588 bits per heavy atom. The van der Waals surface area contributed by atoms with Crippen molar-refractivity contribution in [3.8, 4) is 0 Å². The molecule has 0 spiro atoms. The Morgan fingerprint density at radius 3 is 1.59 bits per heavy atom. The third-order valence-corrected chi connectivity index (χ3v) is 12.5. The number of hydrogen-bond acceptors (Lipinski definition) is 10. The van der Waals surface area contributed by atoms with Gasteiger partial charge in [-0.25, -0.2) is 0 Å². The number of unbranched alkanes of at least 4 members (excludes halogenated alkanes) is 24. The average Bonchev–Trinajstić information content (AvgIpc) is 3.33. The number of carbonyl (C=O) groups is 2. The second-order valence-electron chi connectivity index (χ2n) is 18.7. The number of carbonyl (C=O) groups excluding carboxylic acids is 2. The fraction of sp³-hybridized carbons (Fsp3) is 0.754. The van der Waals surface area contributed by atoms with Crippen molar-refractivity contribution in [3.05, 3.63) is 72.9 Å². The molecule has 0 aromatic rings. The molecule has 8 atom stereocenters. The van der Waals surface area contributed by atoms with Gasteiger partial charge in [0.15, 0.2) is 12.4 Å². The van der Waals surface area contributed by atoms with E-state index in [1.807, 2.05) is 54.7 Å². The highest BCUT2D eigenvalue weighted by atomic mass is 16.7. The summed E-state index contributed by atoms with van der Waals surface area (Å²) in [6.07, 6.45) is 45.2. The summed E-state index contributed by atoms with van der Waals surface area (Å²) >= 11 is 0. The lowest BCUT2D eigenvalue weighted by Gasteiger charge is -2.41. The van der Waals surface area contributed by atoms with Crippen LogP contribution in [0.4, 0.5) is 0 Å². The van der Waals surface area contributed by atoms with Crippen LogP contribution in [0.1, 0.15) is 213 Å². The summed E-state index contributed by atoms with van der Waals surface area (Å²) in [6.45, 7) is 5.59. The highest BCUT2D eigenvalue weighted by Gasteiger charge is 2.47. The van der Waals surface area contributed by atoms with Crippen LogP contribution < -0.4 is 5.32 Å². The van der Waals surface area contributed by atoms with Crippen LogP contribution in [0.25, 0.3) is 0 Å². The van der Waals surface area contributed by atoms with Crippen LogP contribution in [-0.4, -0.2) is 99.6 Å². The van der Waals surface area contributed by atoms with E-state index in [9.17, 15) is 35.1 Å². The van der Waals surface area contributed by atoms with Crippen LogP contribution in [0.3, 0.4) is 0 Å². The van der Waals surface area contributed by atoms with Crippen molar-refractivity contribution < 1.29 is 49.3 Å². The Labute approximate surface area is 413 Å². The maximum atomic E-state index is 13.3. The van der Waals surface area contributed by atoms with Gasteiger partial charge >= 0.3 is 5.97 Å². The summed E-state index contributed by atoms with van der Waals surface area (Å²) in [4.78, 5) is 26.4. The molecule has 1 amide bonds. The van der Waals surface area contributed by atoms with E-state index in [1.54, 1.807) is 6.08 Å². The van der Waals surface area contributed by atoms with Gasteiger partial charge in [0.05, 0.1) is 25.4 Å². The fourth-order valence-corrected chi connectivity index (χ4v) is 8.14. The molecule has 1 heterocycles. The zero-order chi connectivity index (χ0) is 49.7. The minimum atomic E-state index is -1.63. The van der Waals surface area contributed by atoms with E-state index in [1.165, 1.54) is 103 Å². The van der Waals surface area contributed by atoms with Gasteiger partial charge in [-0.2, -0.15) is 0 Å². The number of amides is 1. The Balaban J connectivity index is 2.80. The summed E-state index contributed by atoms with van der Waals surface area (Å²) in [5.41, 5.74) is 0. The van der Waals surface area contributed by atoms with Crippen LogP contribution in [-0.2, 0) is 23.8 Å². The van der Waals surface area contributed by atoms with E-state index in [4.69, 9.17) is 14.2 Å². The molecular formula is C57H99NO10. The number of aliphatic hydroxyl groups is 5. The van der Waals surface area contributed by atoms with Gasteiger partial charge in [0.2, 0.25) is 5.91 Å². The Bertz CT molecular complexity index is 1380. The first-order chi connectivity index (χ1) is 33.2. The molecule has 392 valence electrons. The topological polar surface area (TPSA) is 175 Å². The highest BCUT2D eigenvalue weighted by molar-refractivity contribution is 5.80. The zero-order valence-corrected chi connectivity index (χ0v) is 43.0. The van der Waals surface area contributed by atoms with E-state index in [0.717, 1.165) is 64.2 Å². The largest absolute Gasteiger partial charge is 0.454 e. The molecule has 11 heteroatoms. The van der Waals surface area contributed by atoms with Crippen molar-refractivity contribution in [1.82, 2.24) is 5.32 Å². The smallest absolute Gasteiger partial charge is 0.306 e. The summed E-state index contributed by atoms with van der Waals surface area (Å²) in [5.74, 6) is -1.24. The van der Waals surface area contributed by atoms with Crippen LogP contribution in [0.2, 0.25) is 0 Å². The standard InChI is InChI=1S/C57H99NO10/c1-4-7-10-13-16-19-22-25-26-27-30-33-36-39-42-45-52(62)68-55-54(64)53(63)51(46-59)67-57(55)66-47-48(49(60)43-40-37-34-31-28-23-20-17-14-11-8-5-2)58-56(65)50(61)44-41-38-35-32-29-24-21-18-15-12-9-6-3/h7,10,13,16,19,22,25-27,30,40,43,48-51,53-55,57,59-61,63-64H,4-6,8-9,11-12,14-15,17-18,20-21,23-24,28-29,31-39,41-42,44-47H2,1-3H3,(H,58,65)/b10-7+,16-13+,22-19-,26-25-,30-27+,43-40+. The Kier molecular flexibility index (Phi) is 42.0.